The number of hydrogen-bond acceptors (Lipinski definition) is 4. The Hall–Kier alpha value is -1.07. The van der Waals surface area contributed by atoms with Crippen LogP contribution in [0, 0.1) is 5.92 Å². The van der Waals surface area contributed by atoms with Crippen molar-refractivity contribution in [2.24, 2.45) is 5.92 Å². The molecule has 1 aromatic carbocycles. The van der Waals surface area contributed by atoms with Crippen LogP contribution in [0.1, 0.15) is 13.8 Å². The van der Waals surface area contributed by atoms with Gasteiger partial charge in [0.25, 0.3) is 0 Å². The summed E-state index contributed by atoms with van der Waals surface area (Å²) in [7, 11) is -3.22. The number of sulfone groups is 1. The van der Waals surface area contributed by atoms with Crippen LogP contribution < -0.4 is 4.74 Å². The summed E-state index contributed by atoms with van der Waals surface area (Å²) in [5.74, 6) is 0.845. The Labute approximate surface area is 108 Å². The van der Waals surface area contributed by atoms with Crippen LogP contribution in [-0.2, 0) is 14.6 Å². The van der Waals surface area contributed by atoms with Crippen molar-refractivity contribution in [3.8, 4) is 5.75 Å². The smallest absolute Gasteiger partial charge is 0.178 e. The van der Waals surface area contributed by atoms with Crippen LogP contribution in [0.25, 0.3) is 0 Å². The molecule has 0 radical (unpaired) electrons. The molecule has 1 aliphatic rings. The third kappa shape index (κ3) is 3.71. The molecule has 5 heteroatoms. The molecule has 0 spiro atoms. The van der Waals surface area contributed by atoms with Gasteiger partial charge in [-0.2, -0.15) is 0 Å². The summed E-state index contributed by atoms with van der Waals surface area (Å²) in [4.78, 5) is 0.324. The van der Waals surface area contributed by atoms with Gasteiger partial charge in [0, 0.05) is 0 Å². The van der Waals surface area contributed by atoms with E-state index in [2.05, 4.69) is 0 Å². The van der Waals surface area contributed by atoms with E-state index in [9.17, 15) is 8.42 Å². The third-order valence-corrected chi connectivity index (χ3v) is 4.63. The fourth-order valence-electron chi connectivity index (χ4n) is 1.65. The van der Waals surface area contributed by atoms with Crippen LogP contribution in [0.15, 0.2) is 29.2 Å². The number of hydrogen-bond donors (Lipinski definition) is 0. The second-order valence-corrected chi connectivity index (χ2v) is 6.95. The molecule has 1 aliphatic heterocycles. The van der Waals surface area contributed by atoms with E-state index in [-0.39, 0.29) is 17.8 Å². The second-order valence-electron chi connectivity index (χ2n) is 4.92. The van der Waals surface area contributed by atoms with Gasteiger partial charge >= 0.3 is 0 Å². The Bertz CT molecular complexity index is 503. The fraction of sp³-hybridized carbons (Fsp3) is 0.538. The van der Waals surface area contributed by atoms with Crippen molar-refractivity contribution in [2.45, 2.75) is 24.8 Å². The quantitative estimate of drug-likeness (QED) is 0.741. The highest BCUT2D eigenvalue weighted by molar-refractivity contribution is 7.91. The first kappa shape index (κ1) is 13.4. The zero-order valence-corrected chi connectivity index (χ0v) is 11.4. The Balaban J connectivity index is 2.09. The molecule has 0 aliphatic carbocycles. The molecule has 100 valence electrons. The molecular formula is C13H18O4S. The first-order chi connectivity index (χ1) is 8.47. The Morgan fingerprint density at radius 1 is 1.44 bits per heavy atom. The van der Waals surface area contributed by atoms with Gasteiger partial charge in [0.15, 0.2) is 9.84 Å². The van der Waals surface area contributed by atoms with Gasteiger partial charge in [0.2, 0.25) is 0 Å². The second kappa shape index (κ2) is 5.28. The Morgan fingerprint density at radius 3 is 2.78 bits per heavy atom. The lowest BCUT2D eigenvalue weighted by molar-refractivity contribution is 0.262. The number of ether oxygens (including phenoxy) is 2. The molecule has 1 heterocycles. The maximum absolute atomic E-state index is 12.1. The molecule has 0 saturated carbocycles. The predicted molar refractivity (Wildman–Crippen MR) is 68.6 cm³/mol. The number of benzene rings is 1. The minimum Gasteiger partial charge on any atom is -0.491 e. The monoisotopic (exact) mass is 270 g/mol. The van der Waals surface area contributed by atoms with Crippen molar-refractivity contribution in [3.63, 3.8) is 0 Å². The first-order valence-electron chi connectivity index (χ1n) is 6.04. The van der Waals surface area contributed by atoms with E-state index in [0.717, 1.165) is 6.61 Å². The van der Waals surface area contributed by atoms with Gasteiger partial charge in [-0.15, -0.1) is 0 Å². The molecule has 1 fully saturated rings. The summed E-state index contributed by atoms with van der Waals surface area (Å²) in [6.07, 6.45) is 0.168. The van der Waals surface area contributed by atoms with Crippen LogP contribution in [0.3, 0.4) is 0 Å². The Kier molecular flexibility index (Phi) is 3.92. The van der Waals surface area contributed by atoms with E-state index in [1.165, 1.54) is 0 Å². The SMILES string of the molecule is CC(C)CS(=O)(=O)c1cccc(OCC2CO2)c1. The van der Waals surface area contributed by atoms with Gasteiger partial charge in [-0.3, -0.25) is 0 Å². The molecule has 1 saturated heterocycles. The molecule has 0 bridgehead atoms. The molecule has 0 aromatic heterocycles. The summed E-state index contributed by atoms with van der Waals surface area (Å²) < 4.78 is 34.6. The molecular weight excluding hydrogens is 252 g/mol. The van der Waals surface area contributed by atoms with Crippen LogP contribution >= 0.6 is 0 Å². The van der Waals surface area contributed by atoms with Gasteiger partial charge in [-0.25, -0.2) is 8.42 Å². The zero-order chi connectivity index (χ0) is 13.2. The van der Waals surface area contributed by atoms with Crippen LogP contribution in [0.2, 0.25) is 0 Å². The summed E-state index contributed by atoms with van der Waals surface area (Å²) in [6.45, 7) is 4.99. The van der Waals surface area contributed by atoms with E-state index in [1.54, 1.807) is 24.3 Å². The van der Waals surface area contributed by atoms with E-state index in [0.29, 0.717) is 17.3 Å². The average Bonchev–Trinajstić information content (AvgIpc) is 3.09. The molecule has 1 aromatic rings. The molecule has 0 amide bonds. The van der Waals surface area contributed by atoms with Crippen molar-refractivity contribution >= 4 is 9.84 Å². The standard InChI is InChI=1S/C13H18O4S/c1-10(2)9-18(14,15)13-5-3-4-11(6-13)16-7-12-8-17-12/h3-6,10,12H,7-9H2,1-2H3. The summed E-state index contributed by atoms with van der Waals surface area (Å²) in [6, 6.07) is 6.66. The van der Waals surface area contributed by atoms with E-state index in [1.807, 2.05) is 13.8 Å². The maximum atomic E-state index is 12.1. The van der Waals surface area contributed by atoms with E-state index in [4.69, 9.17) is 9.47 Å². The lowest BCUT2D eigenvalue weighted by atomic mass is 10.3. The van der Waals surface area contributed by atoms with Gasteiger partial charge in [0.1, 0.15) is 18.5 Å². The molecule has 0 N–H and O–H groups in total. The lowest BCUT2D eigenvalue weighted by Crippen LogP contribution is -2.12. The zero-order valence-electron chi connectivity index (χ0n) is 10.6. The summed E-state index contributed by atoms with van der Waals surface area (Å²) in [5, 5.41) is 0. The summed E-state index contributed by atoms with van der Waals surface area (Å²) >= 11 is 0. The van der Waals surface area contributed by atoms with Crippen LogP contribution in [0.4, 0.5) is 0 Å². The van der Waals surface area contributed by atoms with Gasteiger partial charge < -0.3 is 9.47 Å². The van der Waals surface area contributed by atoms with Gasteiger partial charge in [-0.1, -0.05) is 19.9 Å². The molecule has 18 heavy (non-hydrogen) atoms. The minimum atomic E-state index is -3.22. The predicted octanol–water partition coefficient (Wildman–Crippen LogP) is 1.89. The largest absolute Gasteiger partial charge is 0.491 e. The maximum Gasteiger partial charge on any atom is 0.178 e. The van der Waals surface area contributed by atoms with E-state index >= 15 is 0 Å². The molecule has 1 unspecified atom stereocenters. The van der Waals surface area contributed by atoms with Gasteiger partial charge in [0.05, 0.1) is 17.3 Å². The van der Waals surface area contributed by atoms with Gasteiger partial charge in [-0.05, 0) is 24.1 Å². The highest BCUT2D eigenvalue weighted by atomic mass is 32.2. The van der Waals surface area contributed by atoms with Crippen molar-refractivity contribution < 1.29 is 17.9 Å². The molecule has 2 rings (SSSR count). The highest BCUT2D eigenvalue weighted by Crippen LogP contribution is 2.21. The van der Waals surface area contributed by atoms with Crippen molar-refractivity contribution in [1.82, 2.24) is 0 Å². The number of epoxide rings is 1. The van der Waals surface area contributed by atoms with Crippen molar-refractivity contribution in [2.75, 3.05) is 19.0 Å². The Morgan fingerprint density at radius 2 is 2.17 bits per heavy atom. The first-order valence-corrected chi connectivity index (χ1v) is 7.70. The molecule has 4 nitrogen and oxygen atoms in total. The number of rotatable bonds is 6. The average molecular weight is 270 g/mol. The highest BCUT2D eigenvalue weighted by Gasteiger charge is 2.23. The molecule has 1 atom stereocenters. The normalized spacial score (nSPS) is 18.9. The van der Waals surface area contributed by atoms with Crippen molar-refractivity contribution in [1.29, 1.82) is 0 Å². The lowest BCUT2D eigenvalue weighted by Gasteiger charge is -2.09. The van der Waals surface area contributed by atoms with Crippen molar-refractivity contribution in [3.05, 3.63) is 24.3 Å². The minimum absolute atomic E-state index is 0.111. The third-order valence-electron chi connectivity index (χ3n) is 2.56. The van der Waals surface area contributed by atoms with E-state index < -0.39 is 9.84 Å². The summed E-state index contributed by atoms with van der Waals surface area (Å²) in [5.41, 5.74) is 0. The van der Waals surface area contributed by atoms with Crippen LogP contribution in [-0.4, -0.2) is 33.5 Å². The fourth-order valence-corrected chi connectivity index (χ4v) is 3.30. The van der Waals surface area contributed by atoms with Crippen LogP contribution in [0.5, 0.6) is 5.75 Å². The topological polar surface area (TPSA) is 55.9 Å².